The van der Waals surface area contributed by atoms with Crippen molar-refractivity contribution >= 4 is 40.8 Å². The average molecular weight is 276 g/mol. The second-order valence-electron chi connectivity index (χ2n) is 3.39. The first-order valence-electron chi connectivity index (χ1n) is 4.85. The minimum Gasteiger partial charge on any atom is -0.258 e. The third kappa shape index (κ3) is 2.64. The Balaban J connectivity index is 2.36. The van der Waals surface area contributed by atoms with E-state index in [9.17, 15) is 10.1 Å². The fraction of sp³-hybridized carbons (Fsp3) is 0.400. The molecule has 1 aliphatic rings. The third-order valence-corrected chi connectivity index (χ3v) is 5.48. The summed E-state index contributed by atoms with van der Waals surface area (Å²) < 4.78 is 0.146. The van der Waals surface area contributed by atoms with Crippen LogP contribution in [0, 0.1) is 10.1 Å². The van der Waals surface area contributed by atoms with E-state index in [0.717, 1.165) is 17.1 Å². The minimum absolute atomic E-state index is 0.146. The number of halogens is 1. The summed E-state index contributed by atoms with van der Waals surface area (Å²) in [5.41, 5.74) is 0.920. The van der Waals surface area contributed by atoms with Crippen molar-refractivity contribution in [3.05, 3.63) is 38.9 Å². The van der Waals surface area contributed by atoms with Gasteiger partial charge in [-0.3, -0.25) is 10.1 Å². The lowest BCUT2D eigenvalue weighted by molar-refractivity contribution is -0.385. The van der Waals surface area contributed by atoms with E-state index in [2.05, 4.69) is 0 Å². The topological polar surface area (TPSA) is 43.1 Å². The standard InChI is InChI=1S/C10H10ClNO2S2/c11-7-2-3-9(12(13)14)8(6-7)10-15-4-1-5-16-10/h2-3,6,10H,1,4-5H2. The molecule has 0 radical (unpaired) electrons. The van der Waals surface area contributed by atoms with E-state index in [-0.39, 0.29) is 15.2 Å². The monoisotopic (exact) mass is 275 g/mol. The molecule has 0 spiro atoms. The van der Waals surface area contributed by atoms with Crippen LogP contribution in [0.15, 0.2) is 18.2 Å². The van der Waals surface area contributed by atoms with Gasteiger partial charge in [-0.25, -0.2) is 0 Å². The van der Waals surface area contributed by atoms with E-state index in [1.54, 1.807) is 35.7 Å². The molecule has 1 aromatic rings. The van der Waals surface area contributed by atoms with Crippen molar-refractivity contribution in [2.24, 2.45) is 0 Å². The molecule has 0 unspecified atom stereocenters. The number of thioether (sulfide) groups is 2. The predicted molar refractivity (Wildman–Crippen MR) is 70.4 cm³/mol. The molecule has 0 atom stereocenters. The number of rotatable bonds is 2. The van der Waals surface area contributed by atoms with Gasteiger partial charge in [0.15, 0.2) is 0 Å². The van der Waals surface area contributed by atoms with Crippen LogP contribution in [0.5, 0.6) is 0 Å². The van der Waals surface area contributed by atoms with Crippen molar-refractivity contribution in [2.75, 3.05) is 11.5 Å². The molecule has 86 valence electrons. The van der Waals surface area contributed by atoms with Crippen molar-refractivity contribution in [1.29, 1.82) is 0 Å². The predicted octanol–water partition coefficient (Wildman–Crippen LogP) is 4.12. The van der Waals surface area contributed by atoms with Crippen LogP contribution in [0.2, 0.25) is 5.02 Å². The second kappa shape index (κ2) is 5.29. The minimum atomic E-state index is -0.332. The number of nitro benzene ring substituents is 1. The first-order valence-corrected chi connectivity index (χ1v) is 7.33. The van der Waals surface area contributed by atoms with Gasteiger partial charge in [-0.1, -0.05) is 11.6 Å². The van der Waals surface area contributed by atoms with Crippen LogP contribution in [0.4, 0.5) is 5.69 Å². The maximum absolute atomic E-state index is 10.9. The molecule has 0 saturated carbocycles. The van der Waals surface area contributed by atoms with Gasteiger partial charge in [0.05, 0.1) is 15.1 Å². The molecule has 6 heteroatoms. The molecule has 0 aromatic heterocycles. The fourth-order valence-corrected chi connectivity index (χ4v) is 4.66. The lowest BCUT2D eigenvalue weighted by atomic mass is 10.2. The quantitative estimate of drug-likeness (QED) is 0.602. The summed E-state index contributed by atoms with van der Waals surface area (Å²) in [6.45, 7) is 0. The highest BCUT2D eigenvalue weighted by atomic mass is 35.5. The molecule has 0 N–H and O–H groups in total. The molecule has 1 aromatic carbocycles. The van der Waals surface area contributed by atoms with Crippen LogP contribution in [0.25, 0.3) is 0 Å². The smallest absolute Gasteiger partial charge is 0.258 e. The van der Waals surface area contributed by atoms with Gasteiger partial charge < -0.3 is 0 Å². The first kappa shape index (κ1) is 12.1. The van der Waals surface area contributed by atoms with Crippen LogP contribution in [-0.4, -0.2) is 16.4 Å². The number of benzene rings is 1. The van der Waals surface area contributed by atoms with Gasteiger partial charge in [0.2, 0.25) is 0 Å². The normalized spacial score (nSPS) is 17.3. The van der Waals surface area contributed by atoms with Gasteiger partial charge in [0.25, 0.3) is 5.69 Å². The average Bonchev–Trinajstić information content (AvgIpc) is 2.29. The summed E-state index contributed by atoms with van der Waals surface area (Å²) in [7, 11) is 0. The van der Waals surface area contributed by atoms with E-state index in [1.165, 1.54) is 12.5 Å². The van der Waals surface area contributed by atoms with Crippen molar-refractivity contribution in [1.82, 2.24) is 0 Å². The SMILES string of the molecule is O=[N+]([O-])c1ccc(Cl)cc1C1SCCCS1. The summed E-state index contributed by atoms with van der Waals surface area (Å²) in [4.78, 5) is 10.6. The molecule has 0 aliphatic carbocycles. The van der Waals surface area contributed by atoms with Crippen LogP contribution in [-0.2, 0) is 0 Å². The van der Waals surface area contributed by atoms with Crippen molar-refractivity contribution in [2.45, 2.75) is 11.0 Å². The van der Waals surface area contributed by atoms with E-state index in [1.807, 2.05) is 0 Å². The Labute approximate surface area is 107 Å². The molecular formula is C10H10ClNO2S2. The van der Waals surface area contributed by atoms with Gasteiger partial charge in [-0.05, 0) is 30.1 Å². The lowest BCUT2D eigenvalue weighted by Crippen LogP contribution is -2.03. The number of nitro groups is 1. The maximum Gasteiger partial charge on any atom is 0.274 e. The van der Waals surface area contributed by atoms with E-state index in [0.29, 0.717) is 5.02 Å². The summed E-state index contributed by atoms with van der Waals surface area (Å²) in [5.74, 6) is 2.11. The molecule has 1 heterocycles. The molecule has 1 saturated heterocycles. The Bertz CT molecular complexity index is 408. The molecule has 2 rings (SSSR count). The zero-order chi connectivity index (χ0) is 11.5. The Morgan fingerprint density at radius 3 is 2.69 bits per heavy atom. The van der Waals surface area contributed by atoms with Gasteiger partial charge >= 0.3 is 0 Å². The molecule has 1 aliphatic heterocycles. The highest BCUT2D eigenvalue weighted by molar-refractivity contribution is 8.16. The number of nitrogens with zero attached hydrogens (tertiary/aromatic N) is 1. The molecule has 0 amide bonds. The largest absolute Gasteiger partial charge is 0.274 e. The van der Waals surface area contributed by atoms with Gasteiger partial charge in [0, 0.05) is 11.1 Å². The zero-order valence-corrected chi connectivity index (χ0v) is 10.8. The van der Waals surface area contributed by atoms with Crippen molar-refractivity contribution in [3.63, 3.8) is 0 Å². The lowest BCUT2D eigenvalue weighted by Gasteiger charge is -2.21. The van der Waals surface area contributed by atoms with Crippen molar-refractivity contribution < 1.29 is 4.92 Å². The summed E-state index contributed by atoms with van der Waals surface area (Å²) in [5, 5.41) is 11.5. The van der Waals surface area contributed by atoms with E-state index >= 15 is 0 Å². The second-order valence-corrected chi connectivity index (χ2v) is 6.55. The Morgan fingerprint density at radius 1 is 1.38 bits per heavy atom. The van der Waals surface area contributed by atoms with Crippen LogP contribution >= 0.6 is 35.1 Å². The summed E-state index contributed by atoms with van der Waals surface area (Å²) in [6.07, 6.45) is 1.17. The van der Waals surface area contributed by atoms with Gasteiger partial charge in [0.1, 0.15) is 0 Å². The molecule has 3 nitrogen and oxygen atoms in total. The zero-order valence-electron chi connectivity index (χ0n) is 8.39. The Kier molecular flexibility index (Phi) is 4.00. The third-order valence-electron chi connectivity index (χ3n) is 2.27. The molecular weight excluding hydrogens is 266 g/mol. The molecule has 16 heavy (non-hydrogen) atoms. The van der Waals surface area contributed by atoms with Crippen LogP contribution < -0.4 is 0 Å². The van der Waals surface area contributed by atoms with Crippen LogP contribution in [0.3, 0.4) is 0 Å². The number of hydrogen-bond acceptors (Lipinski definition) is 4. The molecule has 1 fully saturated rings. The van der Waals surface area contributed by atoms with Crippen molar-refractivity contribution in [3.8, 4) is 0 Å². The Hall–Kier alpha value is -0.390. The maximum atomic E-state index is 10.9. The first-order chi connectivity index (χ1) is 7.68. The fourth-order valence-electron chi connectivity index (χ4n) is 1.55. The highest BCUT2D eigenvalue weighted by Gasteiger charge is 2.25. The summed E-state index contributed by atoms with van der Waals surface area (Å²) >= 11 is 9.41. The molecule has 0 bridgehead atoms. The highest BCUT2D eigenvalue weighted by Crippen LogP contribution is 2.47. The Morgan fingerprint density at radius 2 is 2.06 bits per heavy atom. The summed E-state index contributed by atoms with van der Waals surface area (Å²) in [6, 6.07) is 4.78. The van der Waals surface area contributed by atoms with Crippen LogP contribution in [0.1, 0.15) is 16.6 Å². The number of hydrogen-bond donors (Lipinski definition) is 0. The van der Waals surface area contributed by atoms with Gasteiger partial charge in [-0.2, -0.15) is 0 Å². The van der Waals surface area contributed by atoms with E-state index in [4.69, 9.17) is 11.6 Å². The van der Waals surface area contributed by atoms with E-state index < -0.39 is 0 Å². The van der Waals surface area contributed by atoms with Gasteiger partial charge in [-0.15, -0.1) is 23.5 Å².